The lowest BCUT2D eigenvalue weighted by atomic mass is 9.91. The number of benzene rings is 2. The molecule has 0 aliphatic rings. The number of rotatable bonds is 8. The lowest BCUT2D eigenvalue weighted by Gasteiger charge is -2.22. The van der Waals surface area contributed by atoms with E-state index in [4.69, 9.17) is 4.74 Å². The van der Waals surface area contributed by atoms with Crippen LogP contribution in [0, 0.1) is 0 Å². The van der Waals surface area contributed by atoms with Crippen molar-refractivity contribution in [2.75, 3.05) is 19.7 Å². The first-order valence-corrected chi connectivity index (χ1v) is 8.71. The van der Waals surface area contributed by atoms with Gasteiger partial charge in [0.2, 0.25) is 0 Å². The van der Waals surface area contributed by atoms with Crippen LogP contribution < -0.4 is 0 Å². The minimum atomic E-state index is -0.554. The van der Waals surface area contributed by atoms with Crippen molar-refractivity contribution >= 4 is 11.9 Å². The van der Waals surface area contributed by atoms with Gasteiger partial charge in [-0.25, -0.2) is 0 Å². The molecule has 0 fully saturated rings. The van der Waals surface area contributed by atoms with Crippen LogP contribution in [-0.2, 0) is 14.3 Å². The molecule has 0 radical (unpaired) electrons. The van der Waals surface area contributed by atoms with E-state index >= 15 is 0 Å². The van der Waals surface area contributed by atoms with Crippen molar-refractivity contribution in [1.29, 1.82) is 0 Å². The van der Waals surface area contributed by atoms with Crippen molar-refractivity contribution in [3.8, 4) is 0 Å². The number of hydrogen-bond acceptors (Lipinski definition) is 3. The molecule has 0 spiro atoms. The van der Waals surface area contributed by atoms with E-state index in [1.54, 1.807) is 4.90 Å². The zero-order valence-corrected chi connectivity index (χ0v) is 15.4. The van der Waals surface area contributed by atoms with Gasteiger partial charge in [0.1, 0.15) is 5.92 Å². The Morgan fingerprint density at radius 3 is 1.92 bits per heavy atom. The number of likely N-dealkylation sites (N-methyl/N-ethyl adjacent to an activating group) is 1. The van der Waals surface area contributed by atoms with Crippen molar-refractivity contribution in [3.05, 3.63) is 83.9 Å². The van der Waals surface area contributed by atoms with Crippen molar-refractivity contribution in [3.63, 3.8) is 0 Å². The van der Waals surface area contributed by atoms with E-state index in [2.05, 4.69) is 6.58 Å². The maximum absolute atomic E-state index is 12.8. The third-order valence-corrected chi connectivity index (χ3v) is 4.03. The van der Waals surface area contributed by atoms with Gasteiger partial charge in [0, 0.05) is 13.1 Å². The molecule has 0 aliphatic carbocycles. The molecule has 0 unspecified atom stereocenters. The van der Waals surface area contributed by atoms with E-state index in [0.717, 1.165) is 16.7 Å². The summed E-state index contributed by atoms with van der Waals surface area (Å²) < 4.78 is 5.38. The van der Waals surface area contributed by atoms with Gasteiger partial charge in [-0.1, -0.05) is 72.8 Å². The second-order valence-electron chi connectivity index (χ2n) is 6.23. The van der Waals surface area contributed by atoms with Crippen LogP contribution in [0.15, 0.2) is 72.8 Å². The van der Waals surface area contributed by atoms with Crippen molar-refractivity contribution in [2.24, 2.45) is 0 Å². The topological polar surface area (TPSA) is 46.6 Å². The predicted molar refractivity (Wildman–Crippen MR) is 103 cm³/mol. The van der Waals surface area contributed by atoms with Crippen LogP contribution in [0.1, 0.15) is 30.9 Å². The molecular formula is C22H25NO3. The molecule has 0 aliphatic heterocycles. The number of esters is 1. The molecule has 0 aromatic heterocycles. The standard InChI is InChI=1S/C22H25NO3/c1-4-23(15-17(2)3)20(24)16-26-22(25)21(18-11-7-5-8-12-18)19-13-9-6-10-14-19/h5-14,21H,2,4,15-16H2,1,3H3. The first-order valence-electron chi connectivity index (χ1n) is 8.71. The van der Waals surface area contributed by atoms with Gasteiger partial charge in [-0.05, 0) is 25.0 Å². The number of nitrogens with zero attached hydrogens (tertiary/aromatic N) is 1. The fourth-order valence-electron chi connectivity index (χ4n) is 2.77. The quantitative estimate of drug-likeness (QED) is 0.537. The first-order chi connectivity index (χ1) is 12.5. The van der Waals surface area contributed by atoms with Crippen LogP contribution in [0.5, 0.6) is 0 Å². The van der Waals surface area contributed by atoms with E-state index < -0.39 is 11.9 Å². The highest BCUT2D eigenvalue weighted by Gasteiger charge is 2.25. The van der Waals surface area contributed by atoms with Crippen molar-refractivity contribution < 1.29 is 14.3 Å². The Morgan fingerprint density at radius 1 is 1.00 bits per heavy atom. The zero-order chi connectivity index (χ0) is 18.9. The molecule has 136 valence electrons. The summed E-state index contributed by atoms with van der Waals surface area (Å²) in [5, 5.41) is 0. The Balaban J connectivity index is 2.13. The molecule has 0 N–H and O–H groups in total. The Hall–Kier alpha value is -2.88. The molecule has 26 heavy (non-hydrogen) atoms. The van der Waals surface area contributed by atoms with E-state index in [9.17, 15) is 9.59 Å². The molecule has 0 heterocycles. The van der Waals surface area contributed by atoms with E-state index in [1.165, 1.54) is 0 Å². The van der Waals surface area contributed by atoms with E-state index in [-0.39, 0.29) is 12.5 Å². The van der Waals surface area contributed by atoms with Gasteiger partial charge in [0.05, 0.1) is 0 Å². The summed E-state index contributed by atoms with van der Waals surface area (Å²) in [7, 11) is 0. The van der Waals surface area contributed by atoms with Gasteiger partial charge in [-0.3, -0.25) is 9.59 Å². The molecule has 1 amide bonds. The first kappa shape index (κ1) is 19.4. The molecule has 2 rings (SSSR count). The number of ether oxygens (including phenoxy) is 1. The monoisotopic (exact) mass is 351 g/mol. The number of hydrogen-bond donors (Lipinski definition) is 0. The van der Waals surface area contributed by atoms with Crippen LogP contribution in [0.2, 0.25) is 0 Å². The number of carbonyl (C=O) groups is 2. The van der Waals surface area contributed by atoms with Crippen LogP contribution in [0.4, 0.5) is 0 Å². The molecule has 2 aromatic rings. The summed E-state index contributed by atoms with van der Waals surface area (Å²) in [6, 6.07) is 18.9. The third-order valence-electron chi connectivity index (χ3n) is 4.03. The Morgan fingerprint density at radius 2 is 1.50 bits per heavy atom. The van der Waals surface area contributed by atoms with Crippen LogP contribution in [0.3, 0.4) is 0 Å². The molecule has 0 saturated carbocycles. The summed E-state index contributed by atoms with van der Waals surface area (Å²) >= 11 is 0. The zero-order valence-electron chi connectivity index (χ0n) is 15.4. The fraction of sp³-hybridized carbons (Fsp3) is 0.273. The number of carbonyl (C=O) groups excluding carboxylic acids is 2. The van der Waals surface area contributed by atoms with Crippen LogP contribution >= 0.6 is 0 Å². The van der Waals surface area contributed by atoms with Crippen LogP contribution in [-0.4, -0.2) is 36.5 Å². The average molecular weight is 351 g/mol. The summed E-state index contributed by atoms with van der Waals surface area (Å²) in [4.78, 5) is 26.7. The smallest absolute Gasteiger partial charge is 0.318 e. The normalized spacial score (nSPS) is 10.4. The predicted octanol–water partition coefficient (Wildman–Crippen LogP) is 3.79. The minimum absolute atomic E-state index is 0.219. The summed E-state index contributed by atoms with van der Waals surface area (Å²) in [6.45, 7) is 8.32. The molecule has 2 aromatic carbocycles. The Kier molecular flexibility index (Phi) is 7.15. The largest absolute Gasteiger partial charge is 0.455 e. The van der Waals surface area contributed by atoms with E-state index in [1.807, 2.05) is 74.5 Å². The van der Waals surface area contributed by atoms with Gasteiger partial charge in [-0.15, -0.1) is 0 Å². The molecule has 4 nitrogen and oxygen atoms in total. The lowest BCUT2D eigenvalue weighted by Crippen LogP contribution is -2.36. The van der Waals surface area contributed by atoms with E-state index in [0.29, 0.717) is 13.1 Å². The lowest BCUT2D eigenvalue weighted by molar-refractivity contribution is -0.152. The Bertz CT molecular complexity index is 701. The highest BCUT2D eigenvalue weighted by Crippen LogP contribution is 2.25. The summed E-state index contributed by atoms with van der Waals surface area (Å²) in [5.41, 5.74) is 2.56. The Labute approximate surface area is 155 Å². The molecular weight excluding hydrogens is 326 g/mol. The summed E-state index contributed by atoms with van der Waals surface area (Å²) in [5.74, 6) is -1.20. The average Bonchev–Trinajstić information content (AvgIpc) is 2.66. The fourth-order valence-corrected chi connectivity index (χ4v) is 2.77. The highest BCUT2D eigenvalue weighted by molar-refractivity contribution is 5.85. The van der Waals surface area contributed by atoms with Gasteiger partial charge < -0.3 is 9.64 Å². The molecule has 0 bridgehead atoms. The number of amides is 1. The minimum Gasteiger partial charge on any atom is -0.455 e. The van der Waals surface area contributed by atoms with Crippen molar-refractivity contribution in [1.82, 2.24) is 4.90 Å². The SMILES string of the molecule is C=C(C)CN(CC)C(=O)COC(=O)C(c1ccccc1)c1ccccc1. The second kappa shape index (κ2) is 9.56. The summed E-state index contributed by atoms with van der Waals surface area (Å²) in [6.07, 6.45) is 0. The molecule has 4 heteroatoms. The molecule has 0 atom stereocenters. The maximum Gasteiger partial charge on any atom is 0.318 e. The second-order valence-corrected chi connectivity index (χ2v) is 6.23. The van der Waals surface area contributed by atoms with Gasteiger partial charge in [0.15, 0.2) is 6.61 Å². The maximum atomic E-state index is 12.8. The molecule has 0 saturated heterocycles. The van der Waals surface area contributed by atoms with Gasteiger partial charge in [0.25, 0.3) is 5.91 Å². The van der Waals surface area contributed by atoms with Crippen LogP contribution in [0.25, 0.3) is 0 Å². The van der Waals surface area contributed by atoms with Gasteiger partial charge in [-0.2, -0.15) is 0 Å². The van der Waals surface area contributed by atoms with Gasteiger partial charge >= 0.3 is 5.97 Å². The van der Waals surface area contributed by atoms with Crippen molar-refractivity contribution in [2.45, 2.75) is 19.8 Å². The third kappa shape index (κ3) is 5.31. The highest BCUT2D eigenvalue weighted by atomic mass is 16.5.